The van der Waals surface area contributed by atoms with Crippen molar-refractivity contribution in [2.45, 2.75) is 0 Å². The Balaban J connectivity index is 2.46. The van der Waals surface area contributed by atoms with E-state index in [9.17, 15) is 4.91 Å². The number of nitrogens with two attached hydrogens (primary N) is 1. The monoisotopic (exact) mass is 185 g/mol. The standard InChI is InChI=1S/C6H8N3O2P/c7-12(11-9-10)8-6-4-2-1-3-5-6/h1-5,8H,7H2. The molecule has 0 heterocycles. The summed E-state index contributed by atoms with van der Waals surface area (Å²) >= 11 is 0. The van der Waals surface area contributed by atoms with E-state index in [1.54, 1.807) is 0 Å². The molecule has 0 fully saturated rings. The van der Waals surface area contributed by atoms with Gasteiger partial charge in [-0.25, -0.2) is 0 Å². The molecule has 5 nitrogen and oxygen atoms in total. The van der Waals surface area contributed by atoms with Gasteiger partial charge in [-0.2, -0.15) is 0 Å². The molecule has 1 unspecified atom stereocenters. The third-order valence-electron chi connectivity index (χ3n) is 1.13. The quantitative estimate of drug-likeness (QED) is 0.427. The van der Waals surface area contributed by atoms with Gasteiger partial charge in [-0.05, 0) is 12.1 Å². The molecule has 0 aliphatic heterocycles. The highest BCUT2D eigenvalue weighted by Gasteiger charge is 2.02. The third-order valence-corrected chi connectivity index (χ3v) is 1.86. The van der Waals surface area contributed by atoms with Gasteiger partial charge in [-0.1, -0.05) is 18.2 Å². The lowest BCUT2D eigenvalue weighted by Crippen LogP contribution is -2.00. The molecule has 0 aliphatic carbocycles. The molecule has 1 aromatic rings. The number of nitrogens with one attached hydrogen (secondary N) is 1. The molecule has 64 valence electrons. The lowest BCUT2D eigenvalue weighted by Gasteiger charge is -2.08. The van der Waals surface area contributed by atoms with Gasteiger partial charge in [0.2, 0.25) is 0 Å². The Bertz CT molecular complexity index is 244. The van der Waals surface area contributed by atoms with Crippen LogP contribution in [0, 0.1) is 4.91 Å². The first-order chi connectivity index (χ1) is 5.83. The predicted octanol–water partition coefficient (Wildman–Crippen LogP) is 1.98. The van der Waals surface area contributed by atoms with Crippen LogP contribution in [0.25, 0.3) is 0 Å². The molecule has 0 saturated heterocycles. The number of benzene rings is 1. The molecule has 0 spiro atoms. The zero-order chi connectivity index (χ0) is 8.81. The molecule has 3 N–H and O–H groups in total. The minimum Gasteiger partial charge on any atom is -0.318 e. The SMILES string of the molecule is NP(Nc1ccccc1)ON=O. The molecular formula is C6H8N3O2P. The fourth-order valence-electron chi connectivity index (χ4n) is 0.696. The van der Waals surface area contributed by atoms with Gasteiger partial charge in [-0.3, -0.25) is 5.50 Å². The average molecular weight is 185 g/mol. The van der Waals surface area contributed by atoms with Crippen LogP contribution in [-0.2, 0) is 4.62 Å². The van der Waals surface area contributed by atoms with Crippen molar-refractivity contribution in [3.63, 3.8) is 0 Å². The fraction of sp³-hybridized carbons (Fsp3) is 0. The van der Waals surface area contributed by atoms with Crippen LogP contribution in [0.1, 0.15) is 0 Å². The number of para-hydroxylation sites is 1. The summed E-state index contributed by atoms with van der Waals surface area (Å²) < 4.78 is 4.25. The molecule has 6 heteroatoms. The summed E-state index contributed by atoms with van der Waals surface area (Å²) in [4.78, 5) is 9.63. The van der Waals surface area contributed by atoms with E-state index in [4.69, 9.17) is 5.50 Å². The second kappa shape index (κ2) is 4.64. The van der Waals surface area contributed by atoms with Gasteiger partial charge in [-0.15, -0.1) is 4.91 Å². The highest BCUT2D eigenvalue weighted by molar-refractivity contribution is 7.51. The first-order valence-electron chi connectivity index (χ1n) is 3.19. The Morgan fingerprint density at radius 3 is 2.67 bits per heavy atom. The van der Waals surface area contributed by atoms with Gasteiger partial charge in [0.15, 0.2) is 5.34 Å². The topological polar surface area (TPSA) is 76.7 Å². The zero-order valence-corrected chi connectivity index (χ0v) is 7.07. The molecule has 0 saturated carbocycles. The second-order valence-corrected chi connectivity index (χ2v) is 3.00. The van der Waals surface area contributed by atoms with Crippen molar-refractivity contribution in [1.29, 1.82) is 0 Å². The normalized spacial score (nSPS) is 11.8. The van der Waals surface area contributed by atoms with Crippen molar-refractivity contribution in [3.8, 4) is 0 Å². The minimum atomic E-state index is -1.49. The van der Waals surface area contributed by atoms with E-state index in [1.165, 1.54) is 0 Å². The number of hydrogen-bond donors (Lipinski definition) is 2. The van der Waals surface area contributed by atoms with Gasteiger partial charge in [0.25, 0.3) is 0 Å². The van der Waals surface area contributed by atoms with Crippen LogP contribution < -0.4 is 10.6 Å². The van der Waals surface area contributed by atoms with E-state index >= 15 is 0 Å². The summed E-state index contributed by atoms with van der Waals surface area (Å²) in [5.41, 5.74) is 6.15. The minimum absolute atomic E-state index is 0.801. The molecule has 1 aromatic carbocycles. The number of hydrogen-bond acceptors (Lipinski definition) is 5. The number of anilines is 1. The van der Waals surface area contributed by atoms with Crippen LogP contribution in [-0.4, -0.2) is 0 Å². The summed E-state index contributed by atoms with van der Waals surface area (Å²) in [6.07, 6.45) is 0. The van der Waals surface area contributed by atoms with Crippen LogP contribution >= 0.6 is 8.45 Å². The molecule has 0 radical (unpaired) electrons. The third kappa shape index (κ3) is 2.82. The van der Waals surface area contributed by atoms with Crippen molar-refractivity contribution in [1.82, 2.24) is 0 Å². The Kier molecular flexibility index (Phi) is 3.44. The van der Waals surface area contributed by atoms with E-state index in [-0.39, 0.29) is 0 Å². The first kappa shape index (κ1) is 8.90. The molecule has 12 heavy (non-hydrogen) atoms. The summed E-state index contributed by atoms with van der Waals surface area (Å²) in [6, 6.07) is 9.20. The van der Waals surface area contributed by atoms with E-state index in [1.807, 2.05) is 30.3 Å². The Morgan fingerprint density at radius 2 is 2.08 bits per heavy atom. The van der Waals surface area contributed by atoms with Crippen molar-refractivity contribution in [2.24, 2.45) is 10.8 Å². The van der Waals surface area contributed by atoms with Gasteiger partial charge < -0.3 is 9.71 Å². The van der Waals surface area contributed by atoms with Crippen molar-refractivity contribution < 1.29 is 4.62 Å². The van der Waals surface area contributed by atoms with E-state index < -0.39 is 8.45 Å². The highest BCUT2D eigenvalue weighted by Crippen LogP contribution is 2.28. The van der Waals surface area contributed by atoms with E-state index in [0.29, 0.717) is 0 Å². The number of rotatable bonds is 4. The second-order valence-electron chi connectivity index (χ2n) is 1.96. The van der Waals surface area contributed by atoms with Crippen molar-refractivity contribution in [2.75, 3.05) is 5.09 Å². The van der Waals surface area contributed by atoms with E-state index in [2.05, 4.69) is 15.1 Å². The largest absolute Gasteiger partial charge is 0.318 e. The van der Waals surface area contributed by atoms with Crippen LogP contribution in [0.2, 0.25) is 0 Å². The van der Waals surface area contributed by atoms with Crippen molar-refractivity contribution >= 4 is 14.1 Å². The summed E-state index contributed by atoms with van der Waals surface area (Å²) in [5.74, 6) is 0. The number of nitrogens with zero attached hydrogens (tertiary/aromatic N) is 1. The smallest absolute Gasteiger partial charge is 0.302 e. The van der Waals surface area contributed by atoms with Crippen LogP contribution in [0.5, 0.6) is 0 Å². The molecular weight excluding hydrogens is 177 g/mol. The van der Waals surface area contributed by atoms with Gasteiger partial charge in [0.1, 0.15) is 0 Å². The maximum Gasteiger partial charge on any atom is 0.302 e. The molecule has 0 aliphatic rings. The summed E-state index contributed by atoms with van der Waals surface area (Å²) in [6.45, 7) is 0. The van der Waals surface area contributed by atoms with Crippen LogP contribution in [0.15, 0.2) is 35.7 Å². The van der Waals surface area contributed by atoms with Gasteiger partial charge in [0, 0.05) is 5.69 Å². The Morgan fingerprint density at radius 1 is 1.42 bits per heavy atom. The summed E-state index contributed by atoms with van der Waals surface area (Å²) in [5, 5.41) is 4.99. The zero-order valence-electron chi connectivity index (χ0n) is 6.18. The lowest BCUT2D eigenvalue weighted by atomic mass is 10.3. The average Bonchev–Trinajstić information content (AvgIpc) is 2.06. The molecule has 0 aromatic heterocycles. The van der Waals surface area contributed by atoms with E-state index in [0.717, 1.165) is 5.69 Å². The fourth-order valence-corrected chi connectivity index (χ4v) is 1.21. The van der Waals surface area contributed by atoms with Crippen molar-refractivity contribution in [3.05, 3.63) is 35.2 Å². The maximum absolute atomic E-state index is 9.63. The maximum atomic E-state index is 9.63. The first-order valence-corrected chi connectivity index (χ1v) is 4.52. The molecule has 1 atom stereocenters. The highest BCUT2D eigenvalue weighted by atomic mass is 31.2. The molecule has 0 amide bonds. The van der Waals surface area contributed by atoms with Gasteiger partial charge >= 0.3 is 8.45 Å². The lowest BCUT2D eigenvalue weighted by molar-refractivity contribution is 0.376. The van der Waals surface area contributed by atoms with Crippen LogP contribution in [0.3, 0.4) is 0 Å². The molecule has 1 rings (SSSR count). The van der Waals surface area contributed by atoms with Crippen LogP contribution in [0.4, 0.5) is 5.69 Å². The Hall–Kier alpha value is -1.19. The Labute approximate surface area is 70.8 Å². The predicted molar refractivity (Wildman–Crippen MR) is 48.1 cm³/mol. The summed E-state index contributed by atoms with van der Waals surface area (Å²) in [7, 11) is -1.49. The van der Waals surface area contributed by atoms with Gasteiger partial charge in [0.05, 0.1) is 0 Å². The molecule has 0 bridgehead atoms.